The smallest absolute Gasteiger partial charge is 0.355 e. The number of anilines is 1. The molecule has 0 atom stereocenters. The zero-order valence-corrected chi connectivity index (χ0v) is 15.5. The fourth-order valence-electron chi connectivity index (χ4n) is 2.37. The predicted octanol–water partition coefficient (Wildman–Crippen LogP) is 1.71. The van der Waals surface area contributed by atoms with Crippen molar-refractivity contribution < 1.29 is 22.7 Å². The molecule has 0 amide bonds. The summed E-state index contributed by atoms with van der Waals surface area (Å²) in [5, 5.41) is 19.2. The Bertz CT molecular complexity index is 1170. The van der Waals surface area contributed by atoms with Gasteiger partial charge in [-0.05, 0) is 24.6 Å². The van der Waals surface area contributed by atoms with E-state index in [0.29, 0.717) is 29.6 Å². The van der Waals surface area contributed by atoms with Crippen molar-refractivity contribution in [1.82, 2.24) is 4.98 Å². The molecule has 0 aliphatic rings. The third-order valence-corrected chi connectivity index (χ3v) is 5.36. The number of benzene rings is 1. The molecule has 0 spiro atoms. The maximum Gasteiger partial charge on any atom is 0.355 e. The molecule has 0 saturated carbocycles. The first-order valence-electron chi connectivity index (χ1n) is 7.74. The summed E-state index contributed by atoms with van der Waals surface area (Å²) in [5.74, 6) is -1.29. The predicted molar refractivity (Wildman–Crippen MR) is 102 cm³/mol. The number of nitrogens with two attached hydrogens (primary N) is 1. The van der Waals surface area contributed by atoms with E-state index >= 15 is 0 Å². The van der Waals surface area contributed by atoms with Crippen LogP contribution in [0.25, 0.3) is 21.5 Å². The standard InChI is InChI=1S/C16H15N3O6S2/c17-27(23,24)5-1-4-18-10-3-2-9-6-11(16(22)25-13(9)7-10)14-19-12(8-26-14)15(20)21/h2-3,6-8,18H,1,4-5H2,(H,20,21)(H2,17,23,24). The lowest BCUT2D eigenvalue weighted by Gasteiger charge is -2.07. The number of carboxylic acids is 1. The minimum atomic E-state index is -3.50. The molecule has 4 N–H and O–H groups in total. The summed E-state index contributed by atoms with van der Waals surface area (Å²) in [6.07, 6.45) is 0.343. The Labute approximate surface area is 157 Å². The molecule has 11 heteroatoms. The monoisotopic (exact) mass is 409 g/mol. The lowest BCUT2D eigenvalue weighted by Crippen LogP contribution is -2.18. The molecular formula is C16H15N3O6S2. The summed E-state index contributed by atoms with van der Waals surface area (Å²) in [4.78, 5) is 27.1. The quantitative estimate of drug-likeness (QED) is 0.394. The van der Waals surface area contributed by atoms with E-state index in [2.05, 4.69) is 10.3 Å². The molecule has 0 bridgehead atoms. The van der Waals surface area contributed by atoms with E-state index < -0.39 is 21.6 Å². The van der Waals surface area contributed by atoms with Gasteiger partial charge in [-0.15, -0.1) is 11.3 Å². The van der Waals surface area contributed by atoms with Crippen molar-refractivity contribution >= 4 is 44.0 Å². The van der Waals surface area contributed by atoms with Gasteiger partial charge in [0.1, 0.15) is 10.6 Å². The number of aromatic carboxylic acids is 1. The largest absolute Gasteiger partial charge is 0.476 e. The van der Waals surface area contributed by atoms with Gasteiger partial charge >= 0.3 is 11.6 Å². The normalized spacial score (nSPS) is 11.6. The number of fused-ring (bicyclic) bond motifs is 1. The second-order valence-electron chi connectivity index (χ2n) is 5.69. The number of hydrogen-bond acceptors (Lipinski definition) is 8. The average Bonchev–Trinajstić information content (AvgIpc) is 3.07. The molecule has 0 unspecified atom stereocenters. The Kier molecular flexibility index (Phi) is 5.26. The lowest BCUT2D eigenvalue weighted by atomic mass is 10.1. The van der Waals surface area contributed by atoms with Gasteiger partial charge in [0.05, 0.1) is 11.3 Å². The summed E-state index contributed by atoms with van der Waals surface area (Å²) in [7, 11) is -3.50. The van der Waals surface area contributed by atoms with Crippen LogP contribution in [0.2, 0.25) is 0 Å². The Morgan fingerprint density at radius 3 is 2.78 bits per heavy atom. The number of nitrogens with zero attached hydrogens (tertiary/aromatic N) is 1. The summed E-state index contributed by atoms with van der Waals surface area (Å²) in [6.45, 7) is 0.390. The van der Waals surface area contributed by atoms with Crippen LogP contribution in [0.5, 0.6) is 0 Å². The van der Waals surface area contributed by atoms with Crippen LogP contribution in [0.1, 0.15) is 16.9 Å². The molecular weight excluding hydrogens is 394 g/mol. The van der Waals surface area contributed by atoms with Gasteiger partial charge in [0.2, 0.25) is 10.0 Å². The number of hydrogen-bond donors (Lipinski definition) is 3. The van der Waals surface area contributed by atoms with Gasteiger partial charge in [-0.3, -0.25) is 0 Å². The maximum atomic E-state index is 12.2. The third kappa shape index (κ3) is 4.70. The fourth-order valence-corrected chi connectivity index (χ4v) is 3.72. The van der Waals surface area contributed by atoms with Crippen LogP contribution in [0.4, 0.5) is 5.69 Å². The third-order valence-electron chi connectivity index (χ3n) is 3.62. The van der Waals surface area contributed by atoms with Crippen molar-refractivity contribution in [1.29, 1.82) is 0 Å². The number of aromatic nitrogens is 1. The molecule has 3 rings (SSSR count). The highest BCUT2D eigenvalue weighted by Crippen LogP contribution is 2.25. The highest BCUT2D eigenvalue weighted by molar-refractivity contribution is 7.89. The summed E-state index contributed by atoms with van der Waals surface area (Å²) in [5.41, 5.74) is 0.438. The van der Waals surface area contributed by atoms with Crippen molar-refractivity contribution in [3.8, 4) is 10.6 Å². The topological polar surface area (TPSA) is 153 Å². The van der Waals surface area contributed by atoms with Crippen molar-refractivity contribution in [2.45, 2.75) is 6.42 Å². The number of thiazole rings is 1. The van der Waals surface area contributed by atoms with Crippen LogP contribution < -0.4 is 16.1 Å². The van der Waals surface area contributed by atoms with Gasteiger partial charge in [-0.2, -0.15) is 0 Å². The van der Waals surface area contributed by atoms with Gasteiger partial charge in [0.15, 0.2) is 5.69 Å². The highest BCUT2D eigenvalue weighted by atomic mass is 32.2. The fraction of sp³-hybridized carbons (Fsp3) is 0.188. The Hall–Kier alpha value is -2.76. The van der Waals surface area contributed by atoms with E-state index in [-0.39, 0.29) is 22.0 Å². The summed E-state index contributed by atoms with van der Waals surface area (Å²) < 4.78 is 27.1. The van der Waals surface area contributed by atoms with E-state index in [1.54, 1.807) is 24.3 Å². The van der Waals surface area contributed by atoms with Gasteiger partial charge in [0.25, 0.3) is 0 Å². The van der Waals surface area contributed by atoms with Crippen LogP contribution in [0, 0.1) is 0 Å². The second-order valence-corrected chi connectivity index (χ2v) is 8.28. The summed E-state index contributed by atoms with van der Waals surface area (Å²) in [6, 6.07) is 6.71. The van der Waals surface area contributed by atoms with Crippen molar-refractivity contribution in [3.63, 3.8) is 0 Å². The molecule has 9 nitrogen and oxygen atoms in total. The van der Waals surface area contributed by atoms with Gasteiger partial charge in [-0.1, -0.05) is 0 Å². The minimum Gasteiger partial charge on any atom is -0.476 e. The van der Waals surface area contributed by atoms with Crippen LogP contribution in [-0.2, 0) is 10.0 Å². The molecule has 0 aliphatic carbocycles. The lowest BCUT2D eigenvalue weighted by molar-refractivity contribution is 0.0691. The molecule has 3 aromatic rings. The maximum absolute atomic E-state index is 12.2. The Morgan fingerprint density at radius 2 is 2.11 bits per heavy atom. The van der Waals surface area contributed by atoms with E-state index in [1.165, 1.54) is 5.38 Å². The van der Waals surface area contributed by atoms with Crippen molar-refractivity contribution in [2.75, 3.05) is 17.6 Å². The number of rotatable bonds is 7. The van der Waals surface area contributed by atoms with Crippen molar-refractivity contribution in [2.24, 2.45) is 5.14 Å². The molecule has 142 valence electrons. The van der Waals surface area contributed by atoms with Gasteiger partial charge < -0.3 is 14.8 Å². The zero-order chi connectivity index (χ0) is 19.6. The van der Waals surface area contributed by atoms with Gasteiger partial charge in [0, 0.05) is 29.1 Å². The molecule has 2 aromatic heterocycles. The molecule has 0 saturated heterocycles. The van der Waals surface area contributed by atoms with E-state index in [9.17, 15) is 18.0 Å². The van der Waals surface area contributed by atoms with Crippen molar-refractivity contribution in [3.05, 3.63) is 45.8 Å². The Balaban J connectivity index is 1.82. The number of carboxylic acid groups (broad SMARTS) is 1. The molecule has 27 heavy (non-hydrogen) atoms. The van der Waals surface area contributed by atoms with Crippen LogP contribution in [0.15, 0.2) is 38.9 Å². The van der Waals surface area contributed by atoms with Crippen LogP contribution in [-0.4, -0.2) is 36.8 Å². The van der Waals surface area contributed by atoms with Gasteiger partial charge in [-0.25, -0.2) is 28.1 Å². The minimum absolute atomic E-state index is 0.127. The number of sulfonamides is 1. The van der Waals surface area contributed by atoms with Crippen LogP contribution in [0.3, 0.4) is 0 Å². The second kappa shape index (κ2) is 7.47. The molecule has 1 aromatic carbocycles. The molecule has 0 aliphatic heterocycles. The SMILES string of the molecule is NS(=O)(=O)CCCNc1ccc2cc(-c3nc(C(=O)O)cs3)c(=O)oc2c1. The molecule has 0 radical (unpaired) electrons. The molecule has 0 fully saturated rings. The zero-order valence-electron chi connectivity index (χ0n) is 13.8. The summed E-state index contributed by atoms with van der Waals surface area (Å²) >= 11 is 1.05. The highest BCUT2D eigenvalue weighted by Gasteiger charge is 2.15. The molecule has 2 heterocycles. The number of nitrogens with one attached hydrogen (secondary N) is 1. The van der Waals surface area contributed by atoms with E-state index in [0.717, 1.165) is 11.3 Å². The first-order chi connectivity index (χ1) is 12.7. The first-order valence-corrected chi connectivity index (χ1v) is 10.3. The van der Waals surface area contributed by atoms with E-state index in [4.69, 9.17) is 14.7 Å². The van der Waals surface area contributed by atoms with E-state index in [1.807, 2.05) is 0 Å². The Morgan fingerprint density at radius 1 is 1.33 bits per heavy atom. The first kappa shape index (κ1) is 19.0. The average molecular weight is 409 g/mol. The van der Waals surface area contributed by atoms with Crippen LogP contribution >= 0.6 is 11.3 Å². The number of primary sulfonamides is 1. The number of carbonyl (C=O) groups is 1.